The third-order valence-corrected chi connectivity index (χ3v) is 6.61. The minimum Gasteiger partial charge on any atom is -0.347 e. The van der Waals surface area contributed by atoms with Crippen LogP contribution in [-0.4, -0.2) is 51.8 Å². The van der Waals surface area contributed by atoms with Gasteiger partial charge in [-0.3, -0.25) is 9.48 Å². The van der Waals surface area contributed by atoms with E-state index in [1.165, 1.54) is 30.6 Å². The highest BCUT2D eigenvalue weighted by molar-refractivity contribution is 7.13. The molecule has 0 bridgehead atoms. The van der Waals surface area contributed by atoms with Crippen molar-refractivity contribution in [3.05, 3.63) is 23.5 Å². The topological polar surface area (TPSA) is 63.1 Å². The number of hydrogen-bond acceptors (Lipinski definition) is 5. The number of aromatic nitrogens is 3. The molecule has 1 N–H and O–H groups in total. The Hall–Kier alpha value is -1.73. The second kappa shape index (κ2) is 5.67. The lowest BCUT2D eigenvalue weighted by molar-refractivity contribution is -0.0963. The van der Waals surface area contributed by atoms with E-state index >= 15 is 0 Å². The summed E-state index contributed by atoms with van der Waals surface area (Å²) in [5.41, 5.74) is 1.76. The highest BCUT2D eigenvalue weighted by Gasteiger charge is 2.59. The minimum absolute atomic E-state index is 0.0464. The Bertz CT molecular complexity index is 761. The van der Waals surface area contributed by atoms with Gasteiger partial charge in [0.25, 0.3) is 5.91 Å². The van der Waals surface area contributed by atoms with E-state index in [1.807, 2.05) is 18.6 Å². The first kappa shape index (κ1) is 15.8. The number of amides is 1. The molecule has 24 heavy (non-hydrogen) atoms. The largest absolute Gasteiger partial charge is 0.347 e. The number of aryl methyl sites for hydroxylation is 1. The number of rotatable bonds is 4. The fraction of sp³-hybridized carbons (Fsp3) is 0.588. The molecule has 2 atom stereocenters. The lowest BCUT2D eigenvalue weighted by atomic mass is 9.49. The van der Waals surface area contributed by atoms with E-state index in [-0.39, 0.29) is 11.9 Å². The average Bonchev–Trinajstić information content (AvgIpc) is 3.09. The molecule has 2 aromatic rings. The summed E-state index contributed by atoms with van der Waals surface area (Å²) in [7, 11) is 6.16. The third-order valence-electron chi connectivity index (χ3n) is 5.72. The predicted molar refractivity (Wildman–Crippen MR) is 93.9 cm³/mol. The summed E-state index contributed by atoms with van der Waals surface area (Å²) in [6.45, 7) is 0. The van der Waals surface area contributed by atoms with Gasteiger partial charge < -0.3 is 10.2 Å². The molecule has 2 heterocycles. The number of nitrogens with one attached hydrogen (secondary N) is 1. The summed E-state index contributed by atoms with van der Waals surface area (Å²) in [4.78, 5) is 19.4. The summed E-state index contributed by atoms with van der Waals surface area (Å²) in [5.74, 6) is -0.0464. The van der Waals surface area contributed by atoms with Gasteiger partial charge >= 0.3 is 0 Å². The quantitative estimate of drug-likeness (QED) is 0.922. The maximum absolute atomic E-state index is 12.6. The van der Waals surface area contributed by atoms with Gasteiger partial charge in [-0.25, -0.2) is 4.98 Å². The molecule has 2 fully saturated rings. The van der Waals surface area contributed by atoms with Crippen molar-refractivity contribution < 1.29 is 4.79 Å². The van der Waals surface area contributed by atoms with Crippen LogP contribution in [0.15, 0.2) is 17.8 Å². The molecule has 0 aromatic carbocycles. The van der Waals surface area contributed by atoms with Crippen molar-refractivity contribution in [3.63, 3.8) is 0 Å². The molecule has 6 nitrogen and oxygen atoms in total. The van der Waals surface area contributed by atoms with Gasteiger partial charge in [0, 0.05) is 41.7 Å². The maximum atomic E-state index is 12.6. The molecule has 2 aliphatic carbocycles. The van der Waals surface area contributed by atoms with Crippen LogP contribution in [0, 0.1) is 5.41 Å². The number of carbonyl (C=O) groups excluding carboxylic acids is 1. The van der Waals surface area contributed by atoms with E-state index in [0.717, 1.165) is 17.0 Å². The minimum atomic E-state index is -0.0464. The smallest absolute Gasteiger partial charge is 0.271 e. The Balaban J connectivity index is 1.45. The van der Waals surface area contributed by atoms with Crippen molar-refractivity contribution in [1.82, 2.24) is 25.0 Å². The molecule has 1 amide bonds. The van der Waals surface area contributed by atoms with Crippen molar-refractivity contribution in [2.45, 2.75) is 37.8 Å². The van der Waals surface area contributed by atoms with Gasteiger partial charge in [-0.2, -0.15) is 5.10 Å². The second-order valence-corrected chi connectivity index (χ2v) is 8.13. The fourth-order valence-electron chi connectivity index (χ4n) is 4.23. The van der Waals surface area contributed by atoms with Gasteiger partial charge in [0.2, 0.25) is 0 Å². The molecule has 2 aliphatic rings. The molecular weight excluding hydrogens is 322 g/mol. The summed E-state index contributed by atoms with van der Waals surface area (Å²) in [5, 5.41) is 10.1. The van der Waals surface area contributed by atoms with Crippen LogP contribution < -0.4 is 5.32 Å². The van der Waals surface area contributed by atoms with Crippen LogP contribution in [-0.2, 0) is 7.05 Å². The van der Waals surface area contributed by atoms with E-state index in [9.17, 15) is 4.79 Å². The maximum Gasteiger partial charge on any atom is 0.271 e. The third kappa shape index (κ3) is 2.38. The van der Waals surface area contributed by atoms with Gasteiger partial charge in [-0.05, 0) is 33.4 Å². The Morgan fingerprint density at radius 1 is 1.46 bits per heavy atom. The molecule has 7 heteroatoms. The average molecular weight is 345 g/mol. The molecule has 0 saturated heterocycles. The summed E-state index contributed by atoms with van der Waals surface area (Å²) >= 11 is 1.49. The molecule has 0 radical (unpaired) electrons. The zero-order valence-electron chi connectivity index (χ0n) is 14.3. The summed E-state index contributed by atoms with van der Waals surface area (Å²) in [6.07, 6.45) is 8.45. The molecule has 1 spiro atoms. The van der Waals surface area contributed by atoms with Crippen molar-refractivity contribution in [3.8, 4) is 10.6 Å². The molecule has 2 saturated carbocycles. The van der Waals surface area contributed by atoms with Crippen LogP contribution in [0.4, 0.5) is 0 Å². The number of carbonyl (C=O) groups is 1. The van der Waals surface area contributed by atoms with Gasteiger partial charge in [-0.1, -0.05) is 6.42 Å². The SMILES string of the molecule is CN(C)C1CC(NC(=O)c2csc(-c3cnn(C)c3)n2)C12CCC2. The summed E-state index contributed by atoms with van der Waals surface area (Å²) < 4.78 is 1.74. The lowest BCUT2D eigenvalue weighted by Crippen LogP contribution is -2.70. The van der Waals surface area contributed by atoms with Gasteiger partial charge in [0.1, 0.15) is 10.7 Å². The first-order chi connectivity index (χ1) is 11.5. The van der Waals surface area contributed by atoms with Crippen molar-refractivity contribution in [2.75, 3.05) is 14.1 Å². The van der Waals surface area contributed by atoms with Crippen LogP contribution in [0.2, 0.25) is 0 Å². The van der Waals surface area contributed by atoms with Gasteiger partial charge in [0.15, 0.2) is 0 Å². The standard InChI is InChI=1S/C17H23N5OS/c1-21(2)14-7-13(17(14)5-4-6-17)20-15(23)12-10-24-16(19-12)11-8-18-22(3)9-11/h8-10,13-14H,4-7H2,1-3H3,(H,20,23). The molecular formula is C17H23N5OS. The fourth-order valence-corrected chi connectivity index (χ4v) is 5.01. The second-order valence-electron chi connectivity index (χ2n) is 7.27. The first-order valence-corrected chi connectivity index (χ1v) is 9.29. The zero-order valence-corrected chi connectivity index (χ0v) is 15.1. The van der Waals surface area contributed by atoms with E-state index in [0.29, 0.717) is 17.2 Å². The van der Waals surface area contributed by atoms with E-state index in [1.54, 1.807) is 10.9 Å². The predicted octanol–water partition coefficient (Wildman–Crippen LogP) is 2.15. The number of hydrogen-bond donors (Lipinski definition) is 1. The normalized spacial score (nSPS) is 24.7. The van der Waals surface area contributed by atoms with E-state index in [2.05, 4.69) is 34.4 Å². The zero-order chi connectivity index (χ0) is 16.9. The molecule has 128 valence electrons. The van der Waals surface area contributed by atoms with Crippen molar-refractivity contribution in [1.29, 1.82) is 0 Å². The van der Waals surface area contributed by atoms with Crippen LogP contribution in [0.1, 0.15) is 36.2 Å². The monoisotopic (exact) mass is 345 g/mol. The highest BCUT2D eigenvalue weighted by Crippen LogP contribution is 2.57. The van der Waals surface area contributed by atoms with Crippen LogP contribution in [0.25, 0.3) is 10.6 Å². The van der Waals surface area contributed by atoms with Gasteiger partial charge in [0.05, 0.1) is 6.20 Å². The number of thiazole rings is 1. The summed E-state index contributed by atoms with van der Waals surface area (Å²) in [6, 6.07) is 0.882. The van der Waals surface area contributed by atoms with Crippen LogP contribution in [0.5, 0.6) is 0 Å². The molecule has 2 aromatic heterocycles. The van der Waals surface area contributed by atoms with Crippen LogP contribution in [0.3, 0.4) is 0 Å². The van der Waals surface area contributed by atoms with E-state index in [4.69, 9.17) is 0 Å². The first-order valence-electron chi connectivity index (χ1n) is 8.41. The van der Waals surface area contributed by atoms with E-state index < -0.39 is 0 Å². The number of nitrogens with zero attached hydrogens (tertiary/aromatic N) is 4. The van der Waals surface area contributed by atoms with Crippen LogP contribution >= 0.6 is 11.3 Å². The van der Waals surface area contributed by atoms with Crippen molar-refractivity contribution >= 4 is 17.2 Å². The molecule has 2 unspecified atom stereocenters. The van der Waals surface area contributed by atoms with Crippen molar-refractivity contribution in [2.24, 2.45) is 12.5 Å². The molecule has 0 aliphatic heterocycles. The Morgan fingerprint density at radius 2 is 2.25 bits per heavy atom. The molecule has 4 rings (SSSR count). The Kier molecular flexibility index (Phi) is 3.73. The van der Waals surface area contributed by atoms with Gasteiger partial charge in [-0.15, -0.1) is 11.3 Å². The highest BCUT2D eigenvalue weighted by atomic mass is 32.1. The Morgan fingerprint density at radius 3 is 2.83 bits per heavy atom. The Labute approximate surface area is 145 Å². The lowest BCUT2D eigenvalue weighted by Gasteiger charge is -2.63.